The molecule has 25 heavy (non-hydrogen) atoms. The van der Waals surface area contributed by atoms with Crippen molar-refractivity contribution in [3.63, 3.8) is 0 Å². The molecule has 2 aromatic rings. The molecule has 8 nitrogen and oxygen atoms in total. The lowest BCUT2D eigenvalue weighted by atomic mass is 10.2. The van der Waals surface area contributed by atoms with Crippen LogP contribution in [-0.4, -0.2) is 34.9 Å². The molecule has 1 heterocycles. The third kappa shape index (κ3) is 4.37. The average Bonchev–Trinajstić information content (AvgIpc) is 2.56. The first kappa shape index (κ1) is 21.1. The fourth-order valence-corrected chi connectivity index (χ4v) is 3.90. The first-order valence-electron chi connectivity index (χ1n) is 7.30. The van der Waals surface area contributed by atoms with Gasteiger partial charge in [-0.1, -0.05) is 30.3 Å². The van der Waals surface area contributed by atoms with E-state index in [1.807, 2.05) is 6.07 Å². The Morgan fingerprint density at radius 3 is 2.28 bits per heavy atom. The Morgan fingerprint density at radius 1 is 1.12 bits per heavy atom. The van der Waals surface area contributed by atoms with Crippen LogP contribution in [0.4, 0.5) is 0 Å². The normalized spacial score (nSPS) is 11.4. The molecule has 0 spiro atoms. The number of aromatic nitrogens is 2. The fraction of sp³-hybridized carbons (Fsp3) is 0.333. The molecule has 0 saturated carbocycles. The Labute approximate surface area is 152 Å². The van der Waals surface area contributed by atoms with Crippen molar-refractivity contribution >= 4 is 22.4 Å². The maximum atomic E-state index is 12.9. The molecule has 0 aliphatic carbocycles. The predicted octanol–water partition coefficient (Wildman–Crippen LogP) is -0.345. The molecule has 0 saturated heterocycles. The van der Waals surface area contributed by atoms with Crippen molar-refractivity contribution in [3.05, 3.63) is 62.9 Å². The summed E-state index contributed by atoms with van der Waals surface area (Å²) in [5.74, 6) is 0. The van der Waals surface area contributed by atoms with Gasteiger partial charge in [0.05, 0.1) is 0 Å². The number of nitrogens with zero attached hydrogens (tertiary/aromatic N) is 3. The number of aryl methyl sites for hydroxylation is 1. The van der Waals surface area contributed by atoms with Gasteiger partial charge < -0.3 is 10.3 Å². The molecule has 138 valence electrons. The zero-order valence-corrected chi connectivity index (χ0v) is 15.6. The lowest BCUT2D eigenvalue weighted by molar-refractivity contribution is 0.411. The van der Waals surface area contributed by atoms with Gasteiger partial charge in [-0.2, -0.15) is 4.31 Å². The summed E-state index contributed by atoms with van der Waals surface area (Å²) in [4.78, 5) is 23.6. The molecule has 2 N–H and O–H groups in total. The van der Waals surface area contributed by atoms with Crippen molar-refractivity contribution in [3.8, 4) is 0 Å². The molecule has 10 heteroatoms. The minimum Gasteiger partial charge on any atom is -0.329 e. The molecule has 0 amide bonds. The van der Waals surface area contributed by atoms with Gasteiger partial charge in [-0.25, -0.2) is 13.2 Å². The first-order valence-corrected chi connectivity index (χ1v) is 8.74. The van der Waals surface area contributed by atoms with Crippen molar-refractivity contribution in [1.82, 2.24) is 13.4 Å². The molecule has 1 aromatic heterocycles. The molecule has 0 bridgehead atoms. The lowest BCUT2D eigenvalue weighted by Crippen LogP contribution is -2.43. The second-order valence-electron chi connectivity index (χ2n) is 5.36. The predicted molar refractivity (Wildman–Crippen MR) is 97.3 cm³/mol. The zero-order chi connectivity index (χ0) is 17.9. The number of rotatable bonds is 6. The van der Waals surface area contributed by atoms with Crippen LogP contribution in [0.3, 0.4) is 0 Å². The SMILES string of the molecule is Cl.Cn1cc(S(=O)(=O)N(CCN)Cc2ccccc2)c(=O)n(C)c1=O. The van der Waals surface area contributed by atoms with Crippen molar-refractivity contribution in [1.29, 1.82) is 0 Å². The van der Waals surface area contributed by atoms with E-state index in [1.54, 1.807) is 24.3 Å². The Balaban J connectivity index is 0.00000312. The Bertz CT molecular complexity index is 938. The van der Waals surface area contributed by atoms with E-state index in [2.05, 4.69) is 0 Å². The van der Waals surface area contributed by atoms with Gasteiger partial charge in [0, 0.05) is 39.9 Å². The van der Waals surface area contributed by atoms with Gasteiger partial charge in [-0.15, -0.1) is 12.4 Å². The minimum absolute atomic E-state index is 0. The molecular weight excluding hydrogens is 368 g/mol. The number of halogens is 1. The highest BCUT2D eigenvalue weighted by atomic mass is 35.5. The van der Waals surface area contributed by atoms with Crippen LogP contribution in [0.25, 0.3) is 0 Å². The van der Waals surface area contributed by atoms with Gasteiger partial charge in [0.15, 0.2) is 4.90 Å². The number of hydrogen-bond donors (Lipinski definition) is 1. The summed E-state index contributed by atoms with van der Waals surface area (Å²) in [6, 6.07) is 9.01. The maximum absolute atomic E-state index is 12.9. The standard InChI is InChI=1S/C15H20N4O4S.ClH/c1-17-11-13(14(20)18(2)15(17)21)24(22,23)19(9-8-16)10-12-6-4-3-5-7-12;/h3-7,11H,8-10,16H2,1-2H3;1H. The van der Waals surface area contributed by atoms with Gasteiger partial charge >= 0.3 is 5.69 Å². The van der Waals surface area contributed by atoms with E-state index in [4.69, 9.17) is 5.73 Å². The molecule has 0 aliphatic heterocycles. The van der Waals surface area contributed by atoms with Crippen molar-refractivity contribution < 1.29 is 8.42 Å². The quantitative estimate of drug-likeness (QED) is 0.728. The van der Waals surface area contributed by atoms with Crippen molar-refractivity contribution in [2.75, 3.05) is 13.1 Å². The number of sulfonamides is 1. The van der Waals surface area contributed by atoms with E-state index in [0.717, 1.165) is 25.2 Å². The van der Waals surface area contributed by atoms with Gasteiger partial charge in [-0.05, 0) is 5.56 Å². The molecule has 1 aromatic carbocycles. The first-order chi connectivity index (χ1) is 11.3. The lowest BCUT2D eigenvalue weighted by Gasteiger charge is -2.21. The molecular formula is C15H21ClN4O4S. The van der Waals surface area contributed by atoms with E-state index >= 15 is 0 Å². The number of benzene rings is 1. The summed E-state index contributed by atoms with van der Waals surface area (Å²) in [5, 5.41) is 0. The van der Waals surface area contributed by atoms with Crippen LogP contribution < -0.4 is 17.0 Å². The summed E-state index contributed by atoms with van der Waals surface area (Å²) >= 11 is 0. The van der Waals surface area contributed by atoms with Gasteiger partial charge in [-0.3, -0.25) is 9.36 Å². The van der Waals surface area contributed by atoms with Gasteiger partial charge in [0.1, 0.15) is 0 Å². The molecule has 0 atom stereocenters. The summed E-state index contributed by atoms with van der Waals surface area (Å²) in [6.07, 6.45) is 1.05. The van der Waals surface area contributed by atoms with Crippen LogP contribution in [0.2, 0.25) is 0 Å². The summed E-state index contributed by atoms with van der Waals surface area (Å²) < 4.78 is 28.8. The van der Waals surface area contributed by atoms with Gasteiger partial charge in [0.2, 0.25) is 10.0 Å². The highest BCUT2D eigenvalue weighted by Gasteiger charge is 2.28. The Morgan fingerprint density at radius 2 is 1.72 bits per heavy atom. The third-order valence-electron chi connectivity index (χ3n) is 3.61. The summed E-state index contributed by atoms with van der Waals surface area (Å²) in [5.41, 5.74) is 4.87. The van der Waals surface area contributed by atoms with E-state index in [0.29, 0.717) is 0 Å². The number of nitrogens with two attached hydrogens (primary N) is 1. The van der Waals surface area contributed by atoms with E-state index in [9.17, 15) is 18.0 Å². The minimum atomic E-state index is -4.09. The molecule has 2 rings (SSSR count). The fourth-order valence-electron chi connectivity index (χ4n) is 2.31. The average molecular weight is 389 g/mol. The maximum Gasteiger partial charge on any atom is 0.330 e. The topological polar surface area (TPSA) is 107 Å². The Kier molecular flexibility index (Phi) is 7.12. The highest BCUT2D eigenvalue weighted by Crippen LogP contribution is 2.14. The van der Waals surface area contributed by atoms with Crippen LogP contribution in [0.1, 0.15) is 5.56 Å². The third-order valence-corrected chi connectivity index (χ3v) is 5.44. The molecule has 0 fully saturated rings. The summed E-state index contributed by atoms with van der Waals surface area (Å²) in [7, 11) is -1.46. The van der Waals surface area contributed by atoms with Crippen molar-refractivity contribution in [2.24, 2.45) is 19.8 Å². The second-order valence-corrected chi connectivity index (χ2v) is 7.27. The highest BCUT2D eigenvalue weighted by molar-refractivity contribution is 7.89. The van der Waals surface area contributed by atoms with Crippen LogP contribution in [0, 0.1) is 0 Å². The van der Waals surface area contributed by atoms with E-state index < -0.39 is 26.2 Å². The van der Waals surface area contributed by atoms with Crippen LogP contribution >= 0.6 is 12.4 Å². The van der Waals surface area contributed by atoms with E-state index in [1.165, 1.54) is 14.1 Å². The monoisotopic (exact) mass is 388 g/mol. The Hall–Kier alpha value is -1.94. The van der Waals surface area contributed by atoms with Crippen LogP contribution in [0.15, 0.2) is 51.0 Å². The molecule has 0 radical (unpaired) electrons. The van der Waals surface area contributed by atoms with Crippen molar-refractivity contribution in [2.45, 2.75) is 11.4 Å². The zero-order valence-electron chi connectivity index (χ0n) is 14.0. The summed E-state index contributed by atoms with van der Waals surface area (Å²) in [6.45, 7) is 0.258. The van der Waals surface area contributed by atoms with Crippen LogP contribution in [-0.2, 0) is 30.7 Å². The second kappa shape index (κ2) is 8.43. The molecule has 0 aliphatic rings. The number of hydrogen-bond acceptors (Lipinski definition) is 5. The smallest absolute Gasteiger partial charge is 0.329 e. The molecule has 0 unspecified atom stereocenters. The van der Waals surface area contributed by atoms with E-state index in [-0.39, 0.29) is 32.0 Å². The van der Waals surface area contributed by atoms with Gasteiger partial charge in [0.25, 0.3) is 5.56 Å². The van der Waals surface area contributed by atoms with Crippen LogP contribution in [0.5, 0.6) is 0 Å². The largest absolute Gasteiger partial charge is 0.330 e.